The Morgan fingerprint density at radius 2 is 1.38 bits per heavy atom. The van der Waals surface area contributed by atoms with Gasteiger partial charge in [0.1, 0.15) is 12.2 Å². The highest BCUT2D eigenvalue weighted by Crippen LogP contribution is 2.43. The fraction of sp³-hybridized carbons (Fsp3) is 0.0833. The zero-order valence-electron chi connectivity index (χ0n) is 14.0. The minimum absolute atomic E-state index is 0.802. The van der Waals surface area contributed by atoms with Crippen molar-refractivity contribution < 1.29 is 10.2 Å². The maximum Gasteiger partial charge on any atom is 0.109 e. The first-order chi connectivity index (χ1) is 12.7. The van der Waals surface area contributed by atoms with E-state index in [1.54, 1.807) is 6.08 Å². The summed E-state index contributed by atoms with van der Waals surface area (Å²) in [6.45, 7) is 0. The van der Waals surface area contributed by atoms with Crippen LogP contribution in [0.15, 0.2) is 66.7 Å². The van der Waals surface area contributed by atoms with Crippen molar-refractivity contribution in [2.75, 3.05) is 0 Å². The fourth-order valence-electron chi connectivity index (χ4n) is 4.59. The van der Waals surface area contributed by atoms with Crippen molar-refractivity contribution in [2.24, 2.45) is 0 Å². The molecule has 1 aliphatic rings. The van der Waals surface area contributed by atoms with E-state index in [1.807, 2.05) is 12.1 Å². The Balaban J connectivity index is 1.88. The molecule has 0 unspecified atom stereocenters. The van der Waals surface area contributed by atoms with E-state index >= 15 is 0 Å². The maximum atomic E-state index is 10.5. The van der Waals surface area contributed by atoms with Crippen molar-refractivity contribution in [1.82, 2.24) is 0 Å². The van der Waals surface area contributed by atoms with E-state index in [9.17, 15) is 10.2 Å². The van der Waals surface area contributed by atoms with Crippen LogP contribution >= 0.6 is 0 Å². The summed E-state index contributed by atoms with van der Waals surface area (Å²) in [5.74, 6) is 0. The predicted molar refractivity (Wildman–Crippen MR) is 108 cm³/mol. The molecule has 2 atom stereocenters. The normalized spacial score (nSPS) is 19.8. The summed E-state index contributed by atoms with van der Waals surface area (Å²) in [5.41, 5.74) is 1.81. The summed E-state index contributed by atoms with van der Waals surface area (Å²) < 4.78 is 0. The molecule has 2 N–H and O–H groups in total. The Morgan fingerprint density at radius 1 is 0.654 bits per heavy atom. The average Bonchev–Trinajstić information content (AvgIpc) is 2.68. The van der Waals surface area contributed by atoms with Gasteiger partial charge in [-0.2, -0.15) is 0 Å². The molecule has 1 aliphatic carbocycles. The third-order valence-electron chi connectivity index (χ3n) is 5.80. The molecule has 2 heteroatoms. The van der Waals surface area contributed by atoms with Crippen LogP contribution in [0, 0.1) is 0 Å². The van der Waals surface area contributed by atoms with Crippen molar-refractivity contribution >= 4 is 49.2 Å². The van der Waals surface area contributed by atoms with Gasteiger partial charge in [0, 0.05) is 0 Å². The minimum Gasteiger partial charge on any atom is -0.386 e. The molecule has 6 rings (SSSR count). The van der Waals surface area contributed by atoms with E-state index < -0.39 is 12.2 Å². The molecule has 0 spiro atoms. The monoisotopic (exact) mass is 336 g/mol. The van der Waals surface area contributed by atoms with Gasteiger partial charge in [-0.05, 0) is 66.3 Å². The third-order valence-corrected chi connectivity index (χ3v) is 5.80. The summed E-state index contributed by atoms with van der Waals surface area (Å²) >= 11 is 0. The van der Waals surface area contributed by atoms with Crippen LogP contribution in [0.2, 0.25) is 0 Å². The van der Waals surface area contributed by atoms with E-state index in [0.717, 1.165) is 21.9 Å². The number of aliphatic hydroxyl groups excluding tert-OH is 2. The largest absolute Gasteiger partial charge is 0.386 e. The van der Waals surface area contributed by atoms with Crippen LogP contribution < -0.4 is 0 Å². The lowest BCUT2D eigenvalue weighted by Gasteiger charge is -2.25. The number of aliphatic hydroxyl groups is 2. The molecule has 0 amide bonds. The second-order valence-corrected chi connectivity index (χ2v) is 7.19. The molecule has 0 radical (unpaired) electrons. The van der Waals surface area contributed by atoms with E-state index in [2.05, 4.69) is 54.6 Å². The van der Waals surface area contributed by atoms with Gasteiger partial charge in [0.25, 0.3) is 0 Å². The van der Waals surface area contributed by atoms with Gasteiger partial charge in [0.05, 0.1) is 0 Å². The van der Waals surface area contributed by atoms with Crippen LogP contribution in [0.5, 0.6) is 0 Å². The highest BCUT2D eigenvalue weighted by atomic mass is 16.3. The first-order valence-electron chi connectivity index (χ1n) is 8.90. The van der Waals surface area contributed by atoms with Gasteiger partial charge in [0.15, 0.2) is 0 Å². The Hall–Kier alpha value is -2.94. The summed E-state index contributed by atoms with van der Waals surface area (Å²) in [5, 5.41) is 30.2. The molecule has 0 bridgehead atoms. The Morgan fingerprint density at radius 3 is 2.27 bits per heavy atom. The lowest BCUT2D eigenvalue weighted by Crippen LogP contribution is -2.19. The van der Waals surface area contributed by atoms with E-state index in [-0.39, 0.29) is 0 Å². The quantitative estimate of drug-likeness (QED) is 0.303. The van der Waals surface area contributed by atoms with Crippen LogP contribution in [-0.2, 0) is 0 Å². The van der Waals surface area contributed by atoms with Gasteiger partial charge in [0.2, 0.25) is 0 Å². The minimum atomic E-state index is -0.877. The summed E-state index contributed by atoms with van der Waals surface area (Å²) in [7, 11) is 0. The van der Waals surface area contributed by atoms with Gasteiger partial charge in [-0.3, -0.25) is 0 Å². The second-order valence-electron chi connectivity index (χ2n) is 7.19. The molecule has 0 aromatic heterocycles. The number of hydrogen-bond acceptors (Lipinski definition) is 2. The standard InChI is InChI=1S/C24H16O2/c25-21-10-9-17-19-8-5-14-11-13-3-1-2-4-16(13)18-7-6-15(23(19)22(14)18)12-20(17)24(21)26/h1-12,21,24-26H/t21-,24-/m1/s1. The van der Waals surface area contributed by atoms with Crippen LogP contribution in [-0.4, -0.2) is 16.3 Å². The molecule has 0 heterocycles. The van der Waals surface area contributed by atoms with Gasteiger partial charge >= 0.3 is 0 Å². The Labute approximate surface area is 149 Å². The van der Waals surface area contributed by atoms with Crippen molar-refractivity contribution in [3.05, 3.63) is 77.9 Å². The molecule has 5 aromatic carbocycles. The second kappa shape index (κ2) is 4.82. The first kappa shape index (κ1) is 14.3. The molecule has 0 fully saturated rings. The topological polar surface area (TPSA) is 40.5 Å². The van der Waals surface area contributed by atoms with E-state index in [4.69, 9.17) is 0 Å². The molecular weight excluding hydrogens is 320 g/mol. The smallest absolute Gasteiger partial charge is 0.109 e. The van der Waals surface area contributed by atoms with Crippen molar-refractivity contribution in [3.63, 3.8) is 0 Å². The Bertz CT molecular complexity index is 1360. The molecule has 26 heavy (non-hydrogen) atoms. The highest BCUT2D eigenvalue weighted by Gasteiger charge is 2.25. The maximum absolute atomic E-state index is 10.5. The first-order valence-corrected chi connectivity index (χ1v) is 8.90. The van der Waals surface area contributed by atoms with Gasteiger partial charge in [-0.25, -0.2) is 0 Å². The molecule has 0 saturated carbocycles. The molecule has 124 valence electrons. The van der Waals surface area contributed by atoms with Crippen LogP contribution in [0.1, 0.15) is 17.2 Å². The summed E-state index contributed by atoms with van der Waals surface area (Å²) in [6, 6.07) is 21.4. The highest BCUT2D eigenvalue weighted by molar-refractivity contribution is 6.29. The molecule has 5 aromatic rings. The SMILES string of the molecule is O[C@@H]1C=Cc2c(cc3ccc4c5ccccc5cc5ccc2c3c54)[C@H]1O. The number of hydrogen-bond donors (Lipinski definition) is 2. The lowest BCUT2D eigenvalue weighted by molar-refractivity contribution is 0.0472. The number of fused-ring (bicyclic) bond motifs is 4. The predicted octanol–water partition coefficient (Wildman–Crippen LogP) is 5.16. The third kappa shape index (κ3) is 1.68. The van der Waals surface area contributed by atoms with Crippen molar-refractivity contribution in [2.45, 2.75) is 12.2 Å². The van der Waals surface area contributed by atoms with Gasteiger partial charge < -0.3 is 10.2 Å². The summed E-state index contributed by atoms with van der Waals surface area (Å²) in [4.78, 5) is 0. The van der Waals surface area contributed by atoms with Crippen molar-refractivity contribution in [1.29, 1.82) is 0 Å². The molecule has 0 aliphatic heterocycles. The zero-order valence-corrected chi connectivity index (χ0v) is 14.0. The fourth-order valence-corrected chi connectivity index (χ4v) is 4.59. The molecular formula is C24H16O2. The van der Waals surface area contributed by atoms with E-state index in [1.165, 1.54) is 32.3 Å². The molecule has 2 nitrogen and oxygen atoms in total. The summed E-state index contributed by atoms with van der Waals surface area (Å²) in [6.07, 6.45) is 1.90. The van der Waals surface area contributed by atoms with Crippen molar-refractivity contribution in [3.8, 4) is 0 Å². The lowest BCUT2D eigenvalue weighted by atomic mass is 9.84. The van der Waals surface area contributed by atoms with Crippen LogP contribution in [0.3, 0.4) is 0 Å². The van der Waals surface area contributed by atoms with Gasteiger partial charge in [-0.1, -0.05) is 60.7 Å². The van der Waals surface area contributed by atoms with E-state index in [0.29, 0.717) is 0 Å². The Kier molecular flexibility index (Phi) is 2.64. The number of benzene rings is 5. The number of rotatable bonds is 0. The van der Waals surface area contributed by atoms with Crippen LogP contribution in [0.25, 0.3) is 49.2 Å². The van der Waals surface area contributed by atoms with Gasteiger partial charge in [-0.15, -0.1) is 0 Å². The zero-order chi connectivity index (χ0) is 17.4. The average molecular weight is 336 g/mol. The molecule has 0 saturated heterocycles. The van der Waals surface area contributed by atoms with Crippen LogP contribution in [0.4, 0.5) is 0 Å².